The van der Waals surface area contributed by atoms with E-state index in [0.29, 0.717) is 6.54 Å². The largest absolute Gasteiger partial charge is 0.390 e. The fraction of sp³-hybridized carbons (Fsp3) is 0.867. The van der Waals surface area contributed by atoms with Crippen LogP contribution in [0.4, 0.5) is 0 Å². The van der Waals surface area contributed by atoms with E-state index in [-0.39, 0.29) is 23.9 Å². The minimum absolute atomic E-state index is 0.0535. The summed E-state index contributed by atoms with van der Waals surface area (Å²) in [6.07, 6.45) is 2.49. The Bertz CT molecular complexity index is 354. The second kappa shape index (κ2) is 7.05. The maximum absolute atomic E-state index is 11.5. The summed E-state index contributed by atoms with van der Waals surface area (Å²) in [5.74, 6) is -0.210. The van der Waals surface area contributed by atoms with Crippen molar-refractivity contribution in [3.63, 3.8) is 0 Å². The van der Waals surface area contributed by atoms with E-state index in [1.54, 1.807) is 0 Å². The monoisotopic (exact) mass is 298 g/mol. The first-order valence-electron chi connectivity index (χ1n) is 7.85. The molecule has 6 heteroatoms. The van der Waals surface area contributed by atoms with Gasteiger partial charge in [0.2, 0.25) is 5.91 Å². The van der Waals surface area contributed by atoms with Crippen molar-refractivity contribution in [2.75, 3.05) is 26.2 Å². The molecule has 4 N–H and O–H groups in total. The average molecular weight is 298 g/mol. The van der Waals surface area contributed by atoms with Crippen molar-refractivity contribution in [2.45, 2.75) is 51.0 Å². The third-order valence-corrected chi connectivity index (χ3v) is 4.82. The molecule has 1 amide bonds. The lowest BCUT2D eigenvalue weighted by molar-refractivity contribution is -0.124. The Kier molecular flexibility index (Phi) is 5.60. The van der Waals surface area contributed by atoms with Crippen molar-refractivity contribution >= 4 is 5.91 Å². The Morgan fingerprint density at radius 3 is 2.76 bits per heavy atom. The maximum atomic E-state index is 11.5. The second-order valence-corrected chi connectivity index (χ2v) is 6.56. The van der Waals surface area contributed by atoms with Crippen molar-refractivity contribution in [1.29, 1.82) is 0 Å². The number of rotatable bonds is 4. The average Bonchev–Trinajstić information content (AvgIpc) is 2.44. The number of hydrogen-bond acceptors (Lipinski definition) is 5. The van der Waals surface area contributed by atoms with E-state index in [9.17, 15) is 15.0 Å². The summed E-state index contributed by atoms with van der Waals surface area (Å²) in [5.41, 5.74) is 5.49. The van der Waals surface area contributed by atoms with Crippen molar-refractivity contribution in [3.05, 3.63) is 6.42 Å². The zero-order valence-corrected chi connectivity index (χ0v) is 13.0. The molecule has 5 atom stereocenters. The molecule has 2 fully saturated rings. The molecule has 2 saturated heterocycles. The predicted octanol–water partition coefficient (Wildman–Crippen LogP) is -0.798. The molecule has 0 aromatic heterocycles. The highest BCUT2D eigenvalue weighted by molar-refractivity contribution is 5.80. The number of carbonyl (C=O) groups excluding carboxylic acids is 1. The van der Waals surface area contributed by atoms with E-state index < -0.39 is 12.2 Å². The van der Waals surface area contributed by atoms with E-state index in [4.69, 9.17) is 5.73 Å². The molecule has 1 radical (unpaired) electrons. The van der Waals surface area contributed by atoms with Crippen LogP contribution in [-0.2, 0) is 4.79 Å². The normalized spacial score (nSPS) is 37.3. The number of piperidine rings is 2. The number of amides is 1. The number of likely N-dealkylation sites (tertiary alicyclic amines) is 2. The van der Waals surface area contributed by atoms with E-state index >= 15 is 0 Å². The first-order valence-corrected chi connectivity index (χ1v) is 7.85. The van der Waals surface area contributed by atoms with Gasteiger partial charge in [0.25, 0.3) is 0 Å². The van der Waals surface area contributed by atoms with Gasteiger partial charge in [-0.1, -0.05) is 6.92 Å². The zero-order chi connectivity index (χ0) is 15.6. The Morgan fingerprint density at radius 2 is 2.14 bits per heavy atom. The molecule has 2 aliphatic rings. The van der Waals surface area contributed by atoms with Crippen molar-refractivity contribution in [1.82, 2.24) is 9.80 Å². The van der Waals surface area contributed by atoms with E-state index in [0.717, 1.165) is 32.5 Å². The van der Waals surface area contributed by atoms with E-state index in [1.165, 1.54) is 0 Å². The molecule has 21 heavy (non-hydrogen) atoms. The minimum Gasteiger partial charge on any atom is -0.390 e. The van der Waals surface area contributed by atoms with Gasteiger partial charge in [-0.25, -0.2) is 0 Å². The highest BCUT2D eigenvalue weighted by Crippen LogP contribution is 2.22. The van der Waals surface area contributed by atoms with Crippen molar-refractivity contribution in [2.24, 2.45) is 11.7 Å². The molecular weight excluding hydrogens is 270 g/mol. The summed E-state index contributed by atoms with van der Waals surface area (Å²) in [7, 11) is 0. The Morgan fingerprint density at radius 1 is 1.43 bits per heavy atom. The molecule has 5 unspecified atom stereocenters. The lowest BCUT2D eigenvalue weighted by atomic mass is 9.93. The minimum atomic E-state index is -0.696. The van der Waals surface area contributed by atoms with Crippen LogP contribution in [0.3, 0.4) is 0 Å². The summed E-state index contributed by atoms with van der Waals surface area (Å²) in [4.78, 5) is 15.9. The van der Waals surface area contributed by atoms with E-state index in [2.05, 4.69) is 23.1 Å². The highest BCUT2D eigenvalue weighted by atomic mass is 16.3. The number of nitrogens with two attached hydrogens (primary N) is 1. The van der Waals surface area contributed by atoms with Gasteiger partial charge in [-0.05, 0) is 38.6 Å². The quantitative estimate of drug-likeness (QED) is 0.632. The maximum Gasteiger partial charge on any atom is 0.234 e. The van der Waals surface area contributed by atoms with Crippen LogP contribution in [0, 0.1) is 12.3 Å². The number of β-amino-alcohol motifs (C(OH)–C–C–N with tert-alkyl or cyclic N) is 1. The van der Waals surface area contributed by atoms with Crippen LogP contribution in [0.5, 0.6) is 0 Å². The first kappa shape index (κ1) is 16.7. The third kappa shape index (κ3) is 3.94. The molecule has 121 valence electrons. The van der Waals surface area contributed by atoms with Crippen LogP contribution in [0.2, 0.25) is 0 Å². The topological polar surface area (TPSA) is 90.0 Å². The predicted molar refractivity (Wildman–Crippen MR) is 80.3 cm³/mol. The number of hydrogen-bond donors (Lipinski definition) is 3. The number of primary amides is 1. The molecule has 0 spiro atoms. The number of aliphatic hydroxyl groups is 2. The van der Waals surface area contributed by atoms with Crippen LogP contribution in [0.15, 0.2) is 0 Å². The molecule has 0 saturated carbocycles. The van der Waals surface area contributed by atoms with Gasteiger partial charge in [-0.2, -0.15) is 0 Å². The lowest BCUT2D eigenvalue weighted by Gasteiger charge is -2.43. The molecule has 2 aliphatic heterocycles. The molecule has 0 aliphatic carbocycles. The number of nitrogens with zero attached hydrogens (tertiary/aromatic N) is 2. The smallest absolute Gasteiger partial charge is 0.234 e. The number of aliphatic hydroxyl groups excluding tert-OH is 2. The SMILES string of the molecule is CC1CN(C(C)CN2CC[CH]CC2C(N)=O)CC(O)C1O. The second-order valence-electron chi connectivity index (χ2n) is 6.56. The summed E-state index contributed by atoms with van der Waals surface area (Å²) in [6, 6.07) is 0.00785. The molecular formula is C15H28N3O3. The van der Waals surface area contributed by atoms with Crippen LogP contribution >= 0.6 is 0 Å². The molecule has 0 aromatic rings. The van der Waals surface area contributed by atoms with Crippen molar-refractivity contribution in [3.8, 4) is 0 Å². The van der Waals surface area contributed by atoms with Gasteiger partial charge in [-0.3, -0.25) is 14.6 Å². The summed E-state index contributed by atoms with van der Waals surface area (Å²) < 4.78 is 0. The standard InChI is InChI=1S/C15H28N3O3/c1-10-7-18(9-13(19)14(10)20)11(2)8-17-6-4-3-5-12(17)15(16)21/h3,10-14,19-20H,4-9H2,1-2H3,(H2,16,21). The van der Waals surface area contributed by atoms with Gasteiger partial charge in [0, 0.05) is 25.7 Å². The summed E-state index contributed by atoms with van der Waals surface area (Å²) >= 11 is 0. The van der Waals surface area contributed by atoms with E-state index in [1.807, 2.05) is 6.92 Å². The summed E-state index contributed by atoms with van der Waals surface area (Å²) in [6.45, 7) is 6.92. The fourth-order valence-electron chi connectivity index (χ4n) is 3.45. The molecule has 0 bridgehead atoms. The summed E-state index contributed by atoms with van der Waals surface area (Å²) in [5, 5.41) is 19.8. The van der Waals surface area contributed by atoms with Crippen molar-refractivity contribution < 1.29 is 15.0 Å². The van der Waals surface area contributed by atoms with Crippen LogP contribution < -0.4 is 5.73 Å². The van der Waals surface area contributed by atoms with Gasteiger partial charge >= 0.3 is 0 Å². The van der Waals surface area contributed by atoms with Crippen LogP contribution in [0.1, 0.15) is 26.7 Å². The molecule has 6 nitrogen and oxygen atoms in total. The van der Waals surface area contributed by atoms with Crippen LogP contribution in [0.25, 0.3) is 0 Å². The third-order valence-electron chi connectivity index (χ3n) is 4.82. The lowest BCUT2D eigenvalue weighted by Crippen LogP contribution is -2.58. The Balaban J connectivity index is 1.93. The van der Waals surface area contributed by atoms with Gasteiger partial charge in [-0.15, -0.1) is 0 Å². The molecule has 2 heterocycles. The fourth-order valence-corrected chi connectivity index (χ4v) is 3.45. The Labute approximate surface area is 126 Å². The highest BCUT2D eigenvalue weighted by Gasteiger charge is 2.35. The Hall–Kier alpha value is -0.690. The van der Waals surface area contributed by atoms with Gasteiger partial charge in [0.15, 0.2) is 0 Å². The zero-order valence-electron chi connectivity index (χ0n) is 13.0. The van der Waals surface area contributed by atoms with Gasteiger partial charge in [0.1, 0.15) is 0 Å². The molecule has 2 rings (SSSR count). The molecule has 0 aromatic carbocycles. The first-order chi connectivity index (χ1) is 9.90. The van der Waals surface area contributed by atoms with Crippen LogP contribution in [-0.4, -0.2) is 76.4 Å². The van der Waals surface area contributed by atoms with Gasteiger partial charge < -0.3 is 15.9 Å². The van der Waals surface area contributed by atoms with Gasteiger partial charge in [0.05, 0.1) is 18.2 Å². The number of carbonyl (C=O) groups is 1.